The van der Waals surface area contributed by atoms with Crippen LogP contribution in [-0.4, -0.2) is 55.0 Å². The number of aldehydes is 1. The van der Waals surface area contributed by atoms with Crippen molar-refractivity contribution in [3.05, 3.63) is 29.6 Å². The molecule has 10 heteroatoms. The Labute approximate surface area is 184 Å². The van der Waals surface area contributed by atoms with Gasteiger partial charge >= 0.3 is 6.18 Å². The Kier molecular flexibility index (Phi) is 7.44. The fourth-order valence-corrected chi connectivity index (χ4v) is 4.44. The van der Waals surface area contributed by atoms with E-state index in [0.29, 0.717) is 51.1 Å². The van der Waals surface area contributed by atoms with E-state index in [1.165, 1.54) is 0 Å². The summed E-state index contributed by atoms with van der Waals surface area (Å²) in [6.45, 7) is 3.05. The van der Waals surface area contributed by atoms with Gasteiger partial charge in [-0.1, -0.05) is 0 Å². The third-order valence-corrected chi connectivity index (χ3v) is 6.32. The molecule has 2 aliphatic rings. The number of ether oxygens (including phenoxy) is 2. The Morgan fingerprint density at radius 1 is 1.31 bits per heavy atom. The monoisotopic (exact) mass is 460 g/mol. The van der Waals surface area contributed by atoms with Gasteiger partial charge in [-0.15, -0.1) is 0 Å². The van der Waals surface area contributed by atoms with E-state index >= 15 is 0 Å². The standard InChI is InChI=1S/C22H28F4N2O4/c1-14(32-19-3-2-17(10-18(19)23)22(24,25)26)15-4-6-28(7-5-15)20(30)16-11-21(27,12-16)13-31-9-8-29/h2-3,8,10,14-16H,4-7,9,11-13,27H2,1H3/t14?,16-,21+. The summed E-state index contributed by atoms with van der Waals surface area (Å²) in [4.78, 5) is 24.8. The topological polar surface area (TPSA) is 81.9 Å². The highest BCUT2D eigenvalue weighted by Gasteiger charge is 2.46. The van der Waals surface area contributed by atoms with Gasteiger partial charge in [0.2, 0.25) is 5.91 Å². The molecule has 32 heavy (non-hydrogen) atoms. The first kappa shape index (κ1) is 24.4. The minimum Gasteiger partial charge on any atom is -0.487 e. The molecule has 1 aliphatic carbocycles. The molecule has 0 radical (unpaired) electrons. The second-order valence-electron chi connectivity index (χ2n) is 8.78. The predicted octanol–water partition coefficient (Wildman–Crippen LogP) is 3.17. The van der Waals surface area contributed by atoms with E-state index in [4.69, 9.17) is 15.2 Å². The number of halogens is 4. The Balaban J connectivity index is 1.45. The van der Waals surface area contributed by atoms with Gasteiger partial charge in [0.1, 0.15) is 12.9 Å². The van der Waals surface area contributed by atoms with E-state index in [2.05, 4.69) is 0 Å². The molecule has 6 nitrogen and oxygen atoms in total. The molecule has 1 aliphatic heterocycles. The second-order valence-corrected chi connectivity index (χ2v) is 8.78. The van der Waals surface area contributed by atoms with Crippen LogP contribution in [0.15, 0.2) is 18.2 Å². The zero-order chi connectivity index (χ0) is 23.5. The molecule has 1 aromatic rings. The zero-order valence-corrected chi connectivity index (χ0v) is 17.9. The van der Waals surface area contributed by atoms with Gasteiger partial charge in [-0.05, 0) is 56.7 Å². The molecule has 2 fully saturated rings. The Hall–Kier alpha value is -2.20. The number of hydrogen-bond donors (Lipinski definition) is 1. The van der Waals surface area contributed by atoms with Crippen molar-refractivity contribution in [3.63, 3.8) is 0 Å². The molecular weight excluding hydrogens is 432 g/mol. The summed E-state index contributed by atoms with van der Waals surface area (Å²) in [6.07, 6.45) is -2.04. The van der Waals surface area contributed by atoms with Crippen LogP contribution in [0.25, 0.3) is 0 Å². The van der Waals surface area contributed by atoms with Gasteiger partial charge in [0.05, 0.1) is 18.3 Å². The lowest BCUT2D eigenvalue weighted by Crippen LogP contribution is -2.59. The summed E-state index contributed by atoms with van der Waals surface area (Å²) in [5.41, 5.74) is 4.53. The first-order valence-corrected chi connectivity index (χ1v) is 10.6. The number of alkyl halides is 3. The molecule has 1 saturated heterocycles. The van der Waals surface area contributed by atoms with Crippen LogP contribution >= 0.6 is 0 Å². The lowest BCUT2D eigenvalue weighted by Gasteiger charge is -2.46. The Morgan fingerprint density at radius 3 is 2.53 bits per heavy atom. The molecule has 1 atom stereocenters. The normalized spacial score (nSPS) is 25.2. The molecular formula is C22H28F4N2O4. The van der Waals surface area contributed by atoms with Crippen molar-refractivity contribution in [2.75, 3.05) is 26.3 Å². The molecule has 2 N–H and O–H groups in total. The van der Waals surface area contributed by atoms with Crippen LogP contribution in [-0.2, 0) is 20.5 Å². The van der Waals surface area contributed by atoms with Crippen LogP contribution < -0.4 is 10.5 Å². The quantitative estimate of drug-likeness (QED) is 0.366. The van der Waals surface area contributed by atoms with Gasteiger partial charge in [-0.2, -0.15) is 13.2 Å². The number of amides is 1. The van der Waals surface area contributed by atoms with Crippen LogP contribution in [0.2, 0.25) is 0 Å². The van der Waals surface area contributed by atoms with Crippen molar-refractivity contribution in [2.24, 2.45) is 17.6 Å². The predicted molar refractivity (Wildman–Crippen MR) is 107 cm³/mol. The number of hydrogen-bond acceptors (Lipinski definition) is 5. The van der Waals surface area contributed by atoms with E-state index in [-0.39, 0.29) is 36.7 Å². The molecule has 1 saturated carbocycles. The number of piperidine rings is 1. The third-order valence-electron chi connectivity index (χ3n) is 6.32. The van der Waals surface area contributed by atoms with Gasteiger partial charge in [0, 0.05) is 24.5 Å². The van der Waals surface area contributed by atoms with Crippen LogP contribution in [0.1, 0.15) is 38.2 Å². The van der Waals surface area contributed by atoms with Gasteiger partial charge in [0.15, 0.2) is 11.6 Å². The first-order valence-electron chi connectivity index (χ1n) is 10.6. The van der Waals surface area contributed by atoms with Gasteiger partial charge < -0.3 is 24.9 Å². The molecule has 0 bridgehead atoms. The molecule has 0 aromatic heterocycles. The maximum atomic E-state index is 14.1. The van der Waals surface area contributed by atoms with Gasteiger partial charge in [-0.3, -0.25) is 4.79 Å². The number of carbonyl (C=O) groups is 2. The highest BCUT2D eigenvalue weighted by atomic mass is 19.4. The van der Waals surface area contributed by atoms with Crippen LogP contribution in [0.4, 0.5) is 17.6 Å². The van der Waals surface area contributed by atoms with Crippen molar-refractivity contribution >= 4 is 12.2 Å². The number of likely N-dealkylation sites (tertiary alicyclic amines) is 1. The Bertz CT molecular complexity index is 819. The average molecular weight is 460 g/mol. The first-order chi connectivity index (χ1) is 15.0. The molecule has 1 aromatic carbocycles. The van der Waals surface area contributed by atoms with Crippen molar-refractivity contribution in [1.82, 2.24) is 4.90 Å². The smallest absolute Gasteiger partial charge is 0.416 e. The van der Waals surface area contributed by atoms with E-state index in [9.17, 15) is 27.2 Å². The Morgan fingerprint density at radius 2 is 1.97 bits per heavy atom. The van der Waals surface area contributed by atoms with Gasteiger partial charge in [-0.25, -0.2) is 4.39 Å². The fraction of sp³-hybridized carbons (Fsp3) is 0.636. The lowest BCUT2D eigenvalue weighted by atomic mass is 9.68. The summed E-state index contributed by atoms with van der Waals surface area (Å²) in [6, 6.07) is 2.23. The number of nitrogens with zero attached hydrogens (tertiary/aromatic N) is 1. The second kappa shape index (κ2) is 9.74. The minimum absolute atomic E-state index is 0.0122. The van der Waals surface area contributed by atoms with Crippen LogP contribution in [0.3, 0.4) is 0 Å². The SMILES string of the molecule is CC(Oc1ccc(C(F)(F)F)cc1F)C1CCN(C(=O)[C@H]2C[C@](N)(COCC=O)C2)CC1. The van der Waals surface area contributed by atoms with Crippen LogP contribution in [0.5, 0.6) is 5.75 Å². The highest BCUT2D eigenvalue weighted by Crippen LogP contribution is 2.38. The molecule has 3 rings (SSSR count). The van der Waals surface area contributed by atoms with E-state index in [1.54, 1.807) is 11.8 Å². The van der Waals surface area contributed by atoms with E-state index in [0.717, 1.165) is 12.1 Å². The van der Waals surface area contributed by atoms with Crippen molar-refractivity contribution in [3.8, 4) is 5.75 Å². The zero-order valence-electron chi connectivity index (χ0n) is 17.9. The molecule has 1 amide bonds. The van der Waals surface area contributed by atoms with E-state index in [1.807, 2.05) is 0 Å². The molecule has 0 spiro atoms. The van der Waals surface area contributed by atoms with Crippen molar-refractivity contribution in [1.29, 1.82) is 0 Å². The number of carbonyl (C=O) groups excluding carboxylic acids is 2. The summed E-state index contributed by atoms with van der Waals surface area (Å²) in [5, 5.41) is 0. The number of nitrogens with two attached hydrogens (primary N) is 1. The number of benzene rings is 1. The maximum absolute atomic E-state index is 14.1. The van der Waals surface area contributed by atoms with Crippen molar-refractivity contribution in [2.45, 2.75) is 50.4 Å². The molecule has 1 unspecified atom stereocenters. The van der Waals surface area contributed by atoms with Crippen molar-refractivity contribution < 1.29 is 36.6 Å². The average Bonchev–Trinajstić information content (AvgIpc) is 2.72. The minimum atomic E-state index is -4.61. The summed E-state index contributed by atoms with van der Waals surface area (Å²) in [5.74, 6) is -1.33. The summed E-state index contributed by atoms with van der Waals surface area (Å²) < 4.78 is 62.9. The highest BCUT2D eigenvalue weighted by molar-refractivity contribution is 5.80. The molecule has 1 heterocycles. The van der Waals surface area contributed by atoms with Gasteiger partial charge in [0.25, 0.3) is 0 Å². The summed E-state index contributed by atoms with van der Waals surface area (Å²) in [7, 11) is 0. The molecule has 178 valence electrons. The van der Waals surface area contributed by atoms with E-state index < -0.39 is 29.2 Å². The third kappa shape index (κ3) is 5.78. The maximum Gasteiger partial charge on any atom is 0.416 e. The summed E-state index contributed by atoms with van der Waals surface area (Å²) >= 11 is 0. The lowest BCUT2D eigenvalue weighted by molar-refractivity contribution is -0.144. The van der Waals surface area contributed by atoms with Crippen LogP contribution in [0, 0.1) is 17.7 Å². The fourth-order valence-electron chi connectivity index (χ4n) is 4.44. The largest absolute Gasteiger partial charge is 0.487 e. The number of rotatable bonds is 8.